The molecule has 1 aromatic carbocycles. The molecule has 2 amide bonds. The SMILES string of the molecule is O=C1S/C(=C/c2ccccc2Br)C(=O)N1CN1CCCCC1. The van der Waals surface area contributed by atoms with Gasteiger partial charge in [-0.3, -0.25) is 19.4 Å². The fourth-order valence-corrected chi connectivity index (χ4v) is 3.88. The molecule has 116 valence electrons. The van der Waals surface area contributed by atoms with Gasteiger partial charge in [0.2, 0.25) is 0 Å². The second-order valence-electron chi connectivity index (χ2n) is 5.45. The predicted molar refractivity (Wildman–Crippen MR) is 92.2 cm³/mol. The Hall–Kier alpha value is -1.11. The second kappa shape index (κ2) is 6.98. The highest BCUT2D eigenvalue weighted by Gasteiger charge is 2.36. The van der Waals surface area contributed by atoms with Crippen molar-refractivity contribution in [2.24, 2.45) is 0 Å². The lowest BCUT2D eigenvalue weighted by Crippen LogP contribution is -2.42. The largest absolute Gasteiger partial charge is 0.294 e. The summed E-state index contributed by atoms with van der Waals surface area (Å²) in [7, 11) is 0. The Morgan fingerprint density at radius 3 is 2.59 bits per heavy atom. The molecule has 0 radical (unpaired) electrons. The van der Waals surface area contributed by atoms with E-state index in [1.165, 1.54) is 11.3 Å². The number of hydrogen-bond acceptors (Lipinski definition) is 4. The summed E-state index contributed by atoms with van der Waals surface area (Å²) in [5, 5.41) is -0.172. The number of piperidine rings is 1. The minimum absolute atomic E-state index is 0.172. The van der Waals surface area contributed by atoms with Gasteiger partial charge in [-0.25, -0.2) is 0 Å². The summed E-state index contributed by atoms with van der Waals surface area (Å²) in [4.78, 5) is 28.6. The molecule has 6 heteroatoms. The van der Waals surface area contributed by atoms with E-state index in [1.807, 2.05) is 24.3 Å². The normalized spacial score (nSPS) is 21.9. The van der Waals surface area contributed by atoms with Crippen molar-refractivity contribution in [2.45, 2.75) is 19.3 Å². The van der Waals surface area contributed by atoms with E-state index in [0.717, 1.165) is 47.7 Å². The summed E-state index contributed by atoms with van der Waals surface area (Å²) in [5.74, 6) is -0.184. The number of carbonyl (C=O) groups is 2. The lowest BCUT2D eigenvalue weighted by atomic mass is 10.1. The summed E-state index contributed by atoms with van der Waals surface area (Å²) < 4.78 is 0.915. The summed E-state index contributed by atoms with van der Waals surface area (Å²) in [6, 6.07) is 7.67. The summed E-state index contributed by atoms with van der Waals surface area (Å²) >= 11 is 4.49. The minimum atomic E-state index is -0.184. The Labute approximate surface area is 142 Å². The van der Waals surface area contributed by atoms with Crippen molar-refractivity contribution in [2.75, 3.05) is 19.8 Å². The molecule has 0 aromatic heterocycles. The van der Waals surface area contributed by atoms with Gasteiger partial charge in [-0.15, -0.1) is 0 Å². The van der Waals surface area contributed by atoms with Gasteiger partial charge in [0.15, 0.2) is 0 Å². The first-order valence-corrected chi connectivity index (χ1v) is 8.98. The topological polar surface area (TPSA) is 40.6 Å². The Bertz CT molecular complexity index is 626. The number of thioether (sulfide) groups is 1. The van der Waals surface area contributed by atoms with E-state index >= 15 is 0 Å². The zero-order chi connectivity index (χ0) is 15.5. The molecule has 4 nitrogen and oxygen atoms in total. The van der Waals surface area contributed by atoms with Crippen molar-refractivity contribution in [1.29, 1.82) is 0 Å². The monoisotopic (exact) mass is 380 g/mol. The Kier molecular flexibility index (Phi) is 5.00. The molecule has 0 unspecified atom stereocenters. The second-order valence-corrected chi connectivity index (χ2v) is 7.30. The summed E-state index contributed by atoms with van der Waals surface area (Å²) in [6.45, 7) is 2.34. The van der Waals surface area contributed by atoms with E-state index in [0.29, 0.717) is 11.6 Å². The zero-order valence-corrected chi connectivity index (χ0v) is 14.5. The molecule has 2 heterocycles. The van der Waals surface area contributed by atoms with Crippen LogP contribution in [0.15, 0.2) is 33.6 Å². The maximum Gasteiger partial charge on any atom is 0.294 e. The number of halogens is 1. The summed E-state index contributed by atoms with van der Waals surface area (Å²) in [6.07, 6.45) is 5.30. The molecule has 0 bridgehead atoms. The maximum atomic E-state index is 12.5. The van der Waals surface area contributed by atoms with Crippen LogP contribution in [0.1, 0.15) is 24.8 Å². The number of likely N-dealkylation sites (tertiary alicyclic amines) is 1. The van der Waals surface area contributed by atoms with Crippen LogP contribution in [0.25, 0.3) is 6.08 Å². The average Bonchev–Trinajstić information content (AvgIpc) is 2.78. The molecule has 2 aliphatic rings. The standard InChI is InChI=1S/C16H17BrN2O2S/c17-13-7-3-2-6-12(13)10-14-15(20)19(16(21)22-14)11-18-8-4-1-5-9-18/h2-3,6-7,10H,1,4-5,8-9,11H2/b14-10+. The first-order chi connectivity index (χ1) is 10.6. The number of imide groups is 1. The van der Waals surface area contributed by atoms with E-state index in [4.69, 9.17) is 0 Å². The van der Waals surface area contributed by atoms with E-state index in [1.54, 1.807) is 6.08 Å². The number of hydrogen-bond donors (Lipinski definition) is 0. The van der Waals surface area contributed by atoms with E-state index in [-0.39, 0.29) is 11.1 Å². The highest BCUT2D eigenvalue weighted by atomic mass is 79.9. The molecule has 2 aliphatic heterocycles. The van der Waals surface area contributed by atoms with Gasteiger partial charge in [-0.1, -0.05) is 40.5 Å². The van der Waals surface area contributed by atoms with Crippen LogP contribution in [0.3, 0.4) is 0 Å². The van der Waals surface area contributed by atoms with Crippen LogP contribution in [0.4, 0.5) is 4.79 Å². The highest BCUT2D eigenvalue weighted by molar-refractivity contribution is 9.10. The fourth-order valence-electron chi connectivity index (χ4n) is 2.66. The van der Waals surface area contributed by atoms with Crippen molar-refractivity contribution in [3.8, 4) is 0 Å². The van der Waals surface area contributed by atoms with Crippen LogP contribution in [0.2, 0.25) is 0 Å². The van der Waals surface area contributed by atoms with Gasteiger partial charge >= 0.3 is 0 Å². The number of carbonyl (C=O) groups excluding carboxylic acids is 2. The van der Waals surface area contributed by atoms with Crippen molar-refractivity contribution < 1.29 is 9.59 Å². The molecule has 0 saturated carbocycles. The van der Waals surface area contributed by atoms with Crippen LogP contribution in [0.5, 0.6) is 0 Å². The third-order valence-corrected chi connectivity index (χ3v) is 5.49. The van der Waals surface area contributed by atoms with Crippen molar-refractivity contribution in [1.82, 2.24) is 9.80 Å². The van der Waals surface area contributed by atoms with E-state index < -0.39 is 0 Å². The molecular formula is C16H17BrN2O2S. The lowest BCUT2D eigenvalue weighted by molar-refractivity contribution is -0.124. The third-order valence-electron chi connectivity index (χ3n) is 3.86. The Morgan fingerprint density at radius 2 is 1.86 bits per heavy atom. The van der Waals surface area contributed by atoms with Crippen LogP contribution in [-0.4, -0.2) is 40.7 Å². The summed E-state index contributed by atoms with van der Waals surface area (Å²) in [5.41, 5.74) is 0.908. The molecule has 0 N–H and O–H groups in total. The number of benzene rings is 1. The van der Waals surface area contributed by atoms with Crippen LogP contribution in [0, 0.1) is 0 Å². The first-order valence-electron chi connectivity index (χ1n) is 7.37. The molecule has 1 aromatic rings. The smallest absolute Gasteiger partial charge is 0.286 e. The Morgan fingerprint density at radius 1 is 1.14 bits per heavy atom. The quantitative estimate of drug-likeness (QED) is 0.744. The Balaban J connectivity index is 1.75. The van der Waals surface area contributed by atoms with Gasteiger partial charge in [0.25, 0.3) is 11.1 Å². The molecule has 2 fully saturated rings. The zero-order valence-electron chi connectivity index (χ0n) is 12.1. The molecule has 0 atom stereocenters. The molecule has 0 spiro atoms. The highest BCUT2D eigenvalue weighted by Crippen LogP contribution is 2.33. The third kappa shape index (κ3) is 3.45. The minimum Gasteiger partial charge on any atom is -0.286 e. The van der Waals surface area contributed by atoms with Crippen molar-refractivity contribution in [3.63, 3.8) is 0 Å². The van der Waals surface area contributed by atoms with E-state index in [9.17, 15) is 9.59 Å². The van der Waals surface area contributed by atoms with Gasteiger partial charge in [0.1, 0.15) is 0 Å². The first kappa shape index (κ1) is 15.8. The van der Waals surface area contributed by atoms with E-state index in [2.05, 4.69) is 20.8 Å². The van der Waals surface area contributed by atoms with Crippen molar-refractivity contribution >= 4 is 44.9 Å². The molecule has 2 saturated heterocycles. The number of amides is 2. The van der Waals surface area contributed by atoms with Crippen LogP contribution in [-0.2, 0) is 4.79 Å². The lowest BCUT2D eigenvalue weighted by Gasteiger charge is -2.29. The van der Waals surface area contributed by atoms with Crippen LogP contribution < -0.4 is 0 Å². The van der Waals surface area contributed by atoms with Crippen molar-refractivity contribution in [3.05, 3.63) is 39.2 Å². The molecule has 22 heavy (non-hydrogen) atoms. The maximum absolute atomic E-state index is 12.5. The molecule has 0 aliphatic carbocycles. The van der Waals surface area contributed by atoms with Gasteiger partial charge in [0.05, 0.1) is 11.6 Å². The van der Waals surface area contributed by atoms with Gasteiger partial charge in [0, 0.05) is 4.47 Å². The number of rotatable bonds is 3. The number of nitrogens with zero attached hydrogens (tertiary/aromatic N) is 2. The van der Waals surface area contributed by atoms with Crippen LogP contribution >= 0.6 is 27.7 Å². The fraction of sp³-hybridized carbons (Fsp3) is 0.375. The predicted octanol–water partition coefficient (Wildman–Crippen LogP) is 3.93. The molecular weight excluding hydrogens is 364 g/mol. The van der Waals surface area contributed by atoms with Gasteiger partial charge < -0.3 is 0 Å². The molecule has 3 rings (SSSR count). The van der Waals surface area contributed by atoms with Gasteiger partial charge in [-0.05, 0) is 55.4 Å². The average molecular weight is 381 g/mol. The van der Waals surface area contributed by atoms with Gasteiger partial charge in [-0.2, -0.15) is 0 Å².